The zero-order chi connectivity index (χ0) is 14.8. The number of aromatic nitrogens is 1. The van der Waals surface area contributed by atoms with Gasteiger partial charge in [-0.1, -0.05) is 6.07 Å². The molecule has 2 heterocycles. The number of piperidine rings is 1. The summed E-state index contributed by atoms with van der Waals surface area (Å²) in [5.74, 6) is -0.362. The van der Waals surface area contributed by atoms with Gasteiger partial charge in [-0.2, -0.15) is 21.6 Å². The summed E-state index contributed by atoms with van der Waals surface area (Å²) in [4.78, 5) is 3.62. The largest absolute Gasteiger partial charge is 0.534 e. The highest BCUT2D eigenvalue weighted by molar-refractivity contribution is 7.87. The maximum absolute atomic E-state index is 12.1. The van der Waals surface area contributed by atoms with E-state index in [9.17, 15) is 21.6 Å². The molecule has 0 aromatic carbocycles. The van der Waals surface area contributed by atoms with Crippen molar-refractivity contribution in [2.75, 3.05) is 13.1 Å². The molecule has 0 saturated carbocycles. The number of pyridine rings is 1. The number of nitrogens with one attached hydrogen (secondary N) is 1. The van der Waals surface area contributed by atoms with Crippen LogP contribution in [0.15, 0.2) is 18.3 Å². The summed E-state index contributed by atoms with van der Waals surface area (Å²) in [5, 5.41) is 3.20. The van der Waals surface area contributed by atoms with Crippen LogP contribution >= 0.6 is 0 Å². The highest BCUT2D eigenvalue weighted by atomic mass is 32.2. The van der Waals surface area contributed by atoms with Crippen LogP contribution in [-0.2, 0) is 10.1 Å². The topological polar surface area (TPSA) is 68.3 Å². The predicted molar refractivity (Wildman–Crippen MR) is 64.7 cm³/mol. The van der Waals surface area contributed by atoms with E-state index in [0.29, 0.717) is 0 Å². The van der Waals surface area contributed by atoms with Crippen molar-refractivity contribution in [2.45, 2.75) is 24.3 Å². The molecule has 0 amide bonds. The molecule has 0 aliphatic carbocycles. The Morgan fingerprint density at radius 3 is 2.60 bits per heavy atom. The number of hydrogen-bond donors (Lipinski definition) is 1. The lowest BCUT2D eigenvalue weighted by atomic mass is 9.93. The Morgan fingerprint density at radius 1 is 1.35 bits per heavy atom. The van der Waals surface area contributed by atoms with Crippen molar-refractivity contribution in [3.05, 3.63) is 23.9 Å². The Morgan fingerprint density at radius 2 is 2.10 bits per heavy atom. The first-order valence-electron chi connectivity index (χ1n) is 5.97. The third-order valence-electron chi connectivity index (χ3n) is 3.01. The predicted octanol–water partition coefficient (Wildman–Crippen LogP) is 1.78. The molecular weight excluding hydrogens is 297 g/mol. The lowest BCUT2D eigenvalue weighted by molar-refractivity contribution is -0.0501. The molecule has 112 valence electrons. The molecule has 1 aromatic rings. The summed E-state index contributed by atoms with van der Waals surface area (Å²) in [6, 6.07) is 2.67. The van der Waals surface area contributed by atoms with Gasteiger partial charge in [0, 0.05) is 18.8 Å². The van der Waals surface area contributed by atoms with Gasteiger partial charge in [-0.15, -0.1) is 0 Å². The smallest absolute Gasteiger partial charge is 0.355 e. The van der Waals surface area contributed by atoms with E-state index in [4.69, 9.17) is 0 Å². The van der Waals surface area contributed by atoms with E-state index in [1.807, 2.05) is 0 Å². The fourth-order valence-electron chi connectivity index (χ4n) is 1.98. The minimum absolute atomic E-state index is 0.226. The third-order valence-corrected chi connectivity index (χ3v) is 3.96. The Bertz CT molecular complexity index is 551. The van der Waals surface area contributed by atoms with Crippen molar-refractivity contribution in [3.63, 3.8) is 0 Å². The summed E-state index contributed by atoms with van der Waals surface area (Å²) in [5.41, 5.74) is -4.62. The fraction of sp³-hybridized carbons (Fsp3) is 0.545. The molecule has 1 atom stereocenters. The first kappa shape index (κ1) is 15.0. The minimum Gasteiger partial charge on any atom is -0.355 e. The summed E-state index contributed by atoms with van der Waals surface area (Å²) >= 11 is 0. The van der Waals surface area contributed by atoms with Crippen LogP contribution in [0, 0.1) is 0 Å². The molecule has 5 nitrogen and oxygen atoms in total. The van der Waals surface area contributed by atoms with Crippen LogP contribution < -0.4 is 9.50 Å². The molecule has 0 bridgehead atoms. The number of nitrogens with zero attached hydrogens (tertiary/aromatic N) is 1. The molecule has 1 saturated heterocycles. The second-order valence-corrected chi connectivity index (χ2v) is 5.99. The highest BCUT2D eigenvalue weighted by Gasteiger charge is 2.48. The molecule has 20 heavy (non-hydrogen) atoms. The second-order valence-electron chi connectivity index (χ2n) is 4.46. The Kier molecular flexibility index (Phi) is 4.19. The van der Waals surface area contributed by atoms with Crippen LogP contribution in [0.3, 0.4) is 0 Å². The van der Waals surface area contributed by atoms with Gasteiger partial charge < -0.3 is 9.50 Å². The number of halogens is 3. The van der Waals surface area contributed by atoms with Gasteiger partial charge in [-0.05, 0) is 30.9 Å². The molecule has 0 radical (unpaired) electrons. The number of alkyl halides is 3. The summed E-state index contributed by atoms with van der Waals surface area (Å²) in [6.45, 7) is 1.71. The van der Waals surface area contributed by atoms with Crippen LogP contribution in [0.5, 0.6) is 5.88 Å². The van der Waals surface area contributed by atoms with Gasteiger partial charge in [-0.25, -0.2) is 4.98 Å². The molecule has 0 spiro atoms. The van der Waals surface area contributed by atoms with E-state index in [1.54, 1.807) is 0 Å². The van der Waals surface area contributed by atoms with Gasteiger partial charge in [0.15, 0.2) is 0 Å². The van der Waals surface area contributed by atoms with Gasteiger partial charge in [0.1, 0.15) is 0 Å². The summed E-state index contributed by atoms with van der Waals surface area (Å²) in [7, 11) is -5.66. The van der Waals surface area contributed by atoms with Gasteiger partial charge in [0.2, 0.25) is 5.88 Å². The van der Waals surface area contributed by atoms with Gasteiger partial charge in [0.25, 0.3) is 0 Å². The van der Waals surface area contributed by atoms with E-state index in [0.717, 1.165) is 37.6 Å². The maximum atomic E-state index is 12.1. The van der Waals surface area contributed by atoms with Crippen molar-refractivity contribution in [1.82, 2.24) is 10.3 Å². The molecule has 2 rings (SSSR count). The normalized spacial score (nSPS) is 20.6. The first-order chi connectivity index (χ1) is 9.29. The van der Waals surface area contributed by atoms with Crippen molar-refractivity contribution in [2.24, 2.45) is 0 Å². The molecule has 1 N–H and O–H groups in total. The quantitative estimate of drug-likeness (QED) is 0.681. The van der Waals surface area contributed by atoms with Crippen molar-refractivity contribution >= 4 is 10.1 Å². The minimum atomic E-state index is -5.66. The van der Waals surface area contributed by atoms with Crippen molar-refractivity contribution in [3.8, 4) is 5.88 Å². The lowest BCUT2D eigenvalue weighted by Gasteiger charge is -2.22. The van der Waals surface area contributed by atoms with Gasteiger partial charge in [-0.3, -0.25) is 0 Å². The van der Waals surface area contributed by atoms with E-state index in [-0.39, 0.29) is 5.92 Å². The standard InChI is InChI=1S/C11H13F3N2O3S/c12-11(13,14)20(17,18)19-10-4-3-9(7-16-10)8-2-1-5-15-6-8/h3-4,7-8,15H,1-2,5-6H2/t8-/m1/s1. The lowest BCUT2D eigenvalue weighted by Crippen LogP contribution is -2.29. The van der Waals surface area contributed by atoms with Crippen LogP contribution in [0.1, 0.15) is 24.3 Å². The molecule has 1 aliphatic rings. The van der Waals surface area contributed by atoms with E-state index < -0.39 is 21.5 Å². The van der Waals surface area contributed by atoms with Crippen LogP contribution in [0.4, 0.5) is 13.2 Å². The molecule has 1 aromatic heterocycles. The average Bonchev–Trinajstić information content (AvgIpc) is 2.39. The molecule has 1 fully saturated rings. The SMILES string of the molecule is O=S(=O)(Oc1ccc([C@@H]2CCCNC2)cn1)C(F)(F)F. The molecular formula is C11H13F3N2O3S. The summed E-state index contributed by atoms with van der Waals surface area (Å²) in [6.07, 6.45) is 3.31. The van der Waals surface area contributed by atoms with E-state index >= 15 is 0 Å². The fourth-order valence-corrected chi connectivity index (χ4v) is 2.40. The van der Waals surface area contributed by atoms with E-state index in [2.05, 4.69) is 14.5 Å². The molecule has 9 heteroatoms. The van der Waals surface area contributed by atoms with Crippen LogP contribution in [-0.4, -0.2) is 32.0 Å². The van der Waals surface area contributed by atoms with E-state index in [1.165, 1.54) is 12.3 Å². The van der Waals surface area contributed by atoms with Crippen molar-refractivity contribution < 1.29 is 25.8 Å². The first-order valence-corrected chi connectivity index (χ1v) is 7.38. The third kappa shape index (κ3) is 3.40. The monoisotopic (exact) mass is 310 g/mol. The Labute approximate surface area is 114 Å². The molecule has 0 unspecified atom stereocenters. The summed E-state index contributed by atoms with van der Waals surface area (Å²) < 4.78 is 62.0. The zero-order valence-corrected chi connectivity index (χ0v) is 11.2. The number of hydrogen-bond acceptors (Lipinski definition) is 5. The van der Waals surface area contributed by atoms with Crippen molar-refractivity contribution in [1.29, 1.82) is 0 Å². The second kappa shape index (κ2) is 5.57. The highest BCUT2D eigenvalue weighted by Crippen LogP contribution is 2.27. The Balaban J connectivity index is 2.09. The maximum Gasteiger partial charge on any atom is 0.534 e. The zero-order valence-electron chi connectivity index (χ0n) is 10.4. The Hall–Kier alpha value is -1.35. The molecule has 1 aliphatic heterocycles. The van der Waals surface area contributed by atoms with Crippen LogP contribution in [0.2, 0.25) is 0 Å². The number of rotatable bonds is 3. The van der Waals surface area contributed by atoms with Gasteiger partial charge >= 0.3 is 15.6 Å². The van der Waals surface area contributed by atoms with Gasteiger partial charge in [0.05, 0.1) is 0 Å². The average molecular weight is 310 g/mol. The van der Waals surface area contributed by atoms with Crippen LogP contribution in [0.25, 0.3) is 0 Å².